The number of hydrogen-bond acceptors (Lipinski definition) is 5. The van der Waals surface area contributed by atoms with Crippen molar-refractivity contribution in [1.82, 2.24) is 5.32 Å². The molecule has 188 valence electrons. The van der Waals surface area contributed by atoms with E-state index >= 15 is 0 Å². The summed E-state index contributed by atoms with van der Waals surface area (Å²) in [7, 11) is 1.58. The lowest BCUT2D eigenvalue weighted by Gasteiger charge is -2.33. The molecule has 1 aromatic heterocycles. The third kappa shape index (κ3) is 5.94. The van der Waals surface area contributed by atoms with Gasteiger partial charge in [-0.1, -0.05) is 31.4 Å². The first kappa shape index (κ1) is 25.0. The van der Waals surface area contributed by atoms with Crippen LogP contribution in [0, 0.1) is 0 Å². The van der Waals surface area contributed by atoms with E-state index in [1.54, 1.807) is 67.8 Å². The average molecular weight is 490 g/mol. The largest absolute Gasteiger partial charge is 0.497 e. The lowest BCUT2D eigenvalue weighted by atomic mass is 9.94. The number of furan rings is 1. The fraction of sp³-hybridized carbons (Fsp3) is 0.321. The first-order chi connectivity index (χ1) is 17.5. The maximum Gasteiger partial charge on any atom is 0.294 e. The number of carbonyl (C=O) groups is 3. The van der Waals surface area contributed by atoms with E-state index in [-0.39, 0.29) is 23.6 Å². The van der Waals surface area contributed by atoms with Gasteiger partial charge in [0.05, 0.1) is 13.4 Å². The Hall–Kier alpha value is -4.07. The number of nitrogens with zero attached hydrogens (tertiary/aromatic N) is 1. The van der Waals surface area contributed by atoms with Gasteiger partial charge in [-0.05, 0) is 66.9 Å². The smallest absolute Gasteiger partial charge is 0.294 e. The summed E-state index contributed by atoms with van der Waals surface area (Å²) < 4.78 is 10.7. The van der Waals surface area contributed by atoms with Gasteiger partial charge in [-0.2, -0.15) is 0 Å². The minimum atomic E-state index is -0.956. The first-order valence-corrected chi connectivity index (χ1v) is 12.2. The van der Waals surface area contributed by atoms with Crippen LogP contribution in [0.5, 0.6) is 5.75 Å². The Morgan fingerprint density at radius 3 is 2.25 bits per heavy atom. The van der Waals surface area contributed by atoms with Crippen LogP contribution in [0.3, 0.4) is 0 Å². The van der Waals surface area contributed by atoms with Crippen LogP contribution < -0.4 is 20.3 Å². The highest BCUT2D eigenvalue weighted by atomic mass is 16.5. The number of ether oxygens (including phenoxy) is 1. The van der Waals surface area contributed by atoms with Crippen LogP contribution in [-0.2, 0) is 9.59 Å². The molecule has 0 unspecified atom stereocenters. The summed E-state index contributed by atoms with van der Waals surface area (Å²) in [6.45, 7) is 1.43. The lowest BCUT2D eigenvalue weighted by Crippen LogP contribution is -2.47. The van der Waals surface area contributed by atoms with Crippen molar-refractivity contribution in [1.29, 1.82) is 0 Å². The molecule has 8 nitrogen and oxygen atoms in total. The van der Waals surface area contributed by atoms with Gasteiger partial charge < -0.3 is 19.8 Å². The molecule has 1 aliphatic carbocycles. The highest BCUT2D eigenvalue weighted by Gasteiger charge is 2.35. The number of rotatable bonds is 8. The van der Waals surface area contributed by atoms with Gasteiger partial charge in [0.25, 0.3) is 5.91 Å². The highest BCUT2D eigenvalue weighted by molar-refractivity contribution is 6.08. The monoisotopic (exact) mass is 489 g/mol. The van der Waals surface area contributed by atoms with Gasteiger partial charge >= 0.3 is 0 Å². The molecule has 1 atom stereocenters. The van der Waals surface area contributed by atoms with Crippen LogP contribution in [0.15, 0.2) is 71.3 Å². The molecule has 8 heteroatoms. The van der Waals surface area contributed by atoms with Gasteiger partial charge in [0.15, 0.2) is 5.76 Å². The number of carbonyl (C=O) groups excluding carboxylic acids is 3. The number of hydrogen-bond donors (Lipinski definition) is 2. The van der Waals surface area contributed by atoms with E-state index in [9.17, 15) is 14.4 Å². The molecule has 3 amide bonds. The normalized spacial score (nSPS) is 14.5. The van der Waals surface area contributed by atoms with Crippen LogP contribution >= 0.6 is 0 Å². The van der Waals surface area contributed by atoms with Gasteiger partial charge in [0.2, 0.25) is 11.8 Å². The Bertz CT molecular complexity index is 1170. The van der Waals surface area contributed by atoms with Crippen molar-refractivity contribution in [3.05, 3.63) is 78.3 Å². The Labute approximate surface area is 210 Å². The summed E-state index contributed by atoms with van der Waals surface area (Å²) in [6.07, 6.45) is 6.56. The molecular weight excluding hydrogens is 458 g/mol. The van der Waals surface area contributed by atoms with Gasteiger partial charge in [0, 0.05) is 24.3 Å². The van der Waals surface area contributed by atoms with Crippen LogP contribution in [0.2, 0.25) is 0 Å². The molecule has 4 rings (SSSR count). The fourth-order valence-corrected chi connectivity index (χ4v) is 4.54. The third-order valence-corrected chi connectivity index (χ3v) is 6.31. The second-order valence-electron chi connectivity index (χ2n) is 8.90. The van der Waals surface area contributed by atoms with Crippen LogP contribution in [-0.4, -0.2) is 30.9 Å². The fourth-order valence-electron chi connectivity index (χ4n) is 4.54. The lowest BCUT2D eigenvalue weighted by molar-refractivity contribution is -0.123. The summed E-state index contributed by atoms with van der Waals surface area (Å²) in [5, 5.41) is 5.91. The molecule has 1 fully saturated rings. The maximum absolute atomic E-state index is 13.8. The second kappa shape index (κ2) is 11.6. The Morgan fingerprint density at radius 2 is 1.67 bits per heavy atom. The molecule has 0 spiro atoms. The predicted molar refractivity (Wildman–Crippen MR) is 137 cm³/mol. The zero-order chi connectivity index (χ0) is 25.5. The molecular formula is C28H31N3O5. The van der Waals surface area contributed by atoms with Gasteiger partial charge in [-0.25, -0.2) is 0 Å². The average Bonchev–Trinajstić information content (AvgIpc) is 3.43. The number of amides is 3. The zero-order valence-electron chi connectivity index (χ0n) is 20.5. The van der Waals surface area contributed by atoms with Gasteiger partial charge in [-0.15, -0.1) is 0 Å². The van der Waals surface area contributed by atoms with Crippen molar-refractivity contribution < 1.29 is 23.5 Å². The summed E-state index contributed by atoms with van der Waals surface area (Å²) in [5.74, 6) is -0.155. The molecule has 0 radical (unpaired) electrons. The number of methoxy groups -OCH3 is 1. The molecule has 0 bridgehead atoms. The second-order valence-corrected chi connectivity index (χ2v) is 8.90. The molecule has 1 saturated carbocycles. The minimum Gasteiger partial charge on any atom is -0.497 e. The van der Waals surface area contributed by atoms with Crippen molar-refractivity contribution in [2.75, 3.05) is 17.3 Å². The molecule has 1 heterocycles. The van der Waals surface area contributed by atoms with Crippen molar-refractivity contribution >= 4 is 29.1 Å². The van der Waals surface area contributed by atoms with Crippen molar-refractivity contribution in [3.8, 4) is 5.75 Å². The van der Waals surface area contributed by atoms with E-state index in [0.717, 1.165) is 32.1 Å². The van der Waals surface area contributed by atoms with Crippen LogP contribution in [0.1, 0.15) is 61.2 Å². The predicted octanol–water partition coefficient (Wildman–Crippen LogP) is 5.08. The molecule has 2 aromatic carbocycles. The van der Waals surface area contributed by atoms with Crippen molar-refractivity contribution in [2.45, 2.75) is 51.1 Å². The van der Waals surface area contributed by atoms with E-state index < -0.39 is 11.9 Å². The zero-order valence-corrected chi connectivity index (χ0v) is 20.5. The molecule has 1 aliphatic rings. The van der Waals surface area contributed by atoms with Crippen molar-refractivity contribution in [3.63, 3.8) is 0 Å². The quantitative estimate of drug-likeness (QED) is 0.459. The summed E-state index contributed by atoms with van der Waals surface area (Å²) >= 11 is 0. The number of nitrogens with one attached hydrogen (secondary N) is 2. The van der Waals surface area contributed by atoms with E-state index in [1.165, 1.54) is 18.1 Å². The van der Waals surface area contributed by atoms with E-state index in [2.05, 4.69) is 10.6 Å². The van der Waals surface area contributed by atoms with Gasteiger partial charge in [-0.3, -0.25) is 19.3 Å². The number of benzene rings is 2. The van der Waals surface area contributed by atoms with E-state index in [1.807, 2.05) is 0 Å². The number of anilines is 2. The Morgan fingerprint density at radius 1 is 0.972 bits per heavy atom. The summed E-state index contributed by atoms with van der Waals surface area (Å²) in [6, 6.07) is 16.2. The maximum atomic E-state index is 13.8. The summed E-state index contributed by atoms with van der Waals surface area (Å²) in [4.78, 5) is 40.5. The minimum absolute atomic E-state index is 0.0645. The Balaban J connectivity index is 1.77. The SMILES string of the molecule is COc1ccc([C@@H](C(=O)NC2CCCCC2)N(C(=O)c2ccco2)c2ccc(NC(C)=O)cc2)cc1. The Kier molecular flexibility index (Phi) is 8.05. The topological polar surface area (TPSA) is 101 Å². The van der Waals surface area contributed by atoms with Crippen molar-refractivity contribution in [2.24, 2.45) is 0 Å². The van der Waals surface area contributed by atoms with Crippen LogP contribution in [0.25, 0.3) is 0 Å². The highest BCUT2D eigenvalue weighted by Crippen LogP contribution is 2.32. The van der Waals surface area contributed by atoms with E-state index in [0.29, 0.717) is 22.7 Å². The van der Waals surface area contributed by atoms with Gasteiger partial charge in [0.1, 0.15) is 11.8 Å². The molecule has 0 aliphatic heterocycles. The first-order valence-electron chi connectivity index (χ1n) is 12.2. The molecule has 36 heavy (non-hydrogen) atoms. The standard InChI is InChI=1S/C28H31N3O5/c1-19(32)29-22-12-14-23(15-13-22)31(28(34)25-9-6-18-36-25)26(20-10-16-24(35-2)17-11-20)27(33)30-21-7-4-3-5-8-21/h6,9-18,21,26H,3-5,7-8H2,1-2H3,(H,29,32)(H,30,33)/t26-/m0/s1. The molecule has 0 saturated heterocycles. The van der Waals surface area contributed by atoms with Crippen LogP contribution in [0.4, 0.5) is 11.4 Å². The summed E-state index contributed by atoms with van der Waals surface area (Å²) in [5.41, 5.74) is 1.71. The molecule has 2 N–H and O–H groups in total. The third-order valence-electron chi connectivity index (χ3n) is 6.31. The molecule has 3 aromatic rings. The van der Waals surface area contributed by atoms with E-state index in [4.69, 9.17) is 9.15 Å².